The summed E-state index contributed by atoms with van der Waals surface area (Å²) in [4.78, 5) is 1.21. The molecule has 1 fully saturated rings. The highest BCUT2D eigenvalue weighted by molar-refractivity contribution is 7.19. The molecule has 108 valence electrons. The fraction of sp³-hybridized carbons (Fsp3) is 0.529. The van der Waals surface area contributed by atoms with Gasteiger partial charge < -0.3 is 5.73 Å². The first-order valence-electron chi connectivity index (χ1n) is 7.62. The zero-order valence-corrected chi connectivity index (χ0v) is 12.8. The third-order valence-corrected chi connectivity index (χ3v) is 6.01. The van der Waals surface area contributed by atoms with Crippen molar-refractivity contribution in [3.05, 3.63) is 35.0 Å². The van der Waals surface area contributed by atoms with Gasteiger partial charge in [-0.15, -0.1) is 11.3 Å². The Hall–Kier alpha value is -0.930. The van der Waals surface area contributed by atoms with Crippen LogP contribution in [0.5, 0.6) is 0 Å². The van der Waals surface area contributed by atoms with Crippen molar-refractivity contribution in [1.82, 2.24) is 0 Å². The van der Waals surface area contributed by atoms with Gasteiger partial charge in [0, 0.05) is 15.6 Å². The van der Waals surface area contributed by atoms with Gasteiger partial charge in [0.2, 0.25) is 0 Å². The van der Waals surface area contributed by atoms with Gasteiger partial charge in [-0.2, -0.15) is 0 Å². The van der Waals surface area contributed by atoms with Crippen LogP contribution in [0.25, 0.3) is 10.1 Å². The lowest BCUT2D eigenvalue weighted by Gasteiger charge is -2.31. The molecule has 1 nitrogen and oxygen atoms in total. The molecule has 1 aliphatic carbocycles. The van der Waals surface area contributed by atoms with Crippen LogP contribution in [-0.2, 0) is 0 Å². The summed E-state index contributed by atoms with van der Waals surface area (Å²) in [6, 6.07) is 7.26. The summed E-state index contributed by atoms with van der Waals surface area (Å²) in [5.41, 5.74) is 6.48. The standard InChI is InChI=1S/C17H22FNS/c1-2-11-3-5-12(6-4-11)17(19)16-9-13-7-8-14(18)10-15(13)20-16/h7-12,17H,2-6,19H2,1H3. The van der Waals surface area contributed by atoms with Gasteiger partial charge in [0.1, 0.15) is 5.82 Å². The van der Waals surface area contributed by atoms with Crippen molar-refractivity contribution in [2.75, 3.05) is 0 Å². The van der Waals surface area contributed by atoms with Crippen LogP contribution < -0.4 is 5.73 Å². The molecule has 1 unspecified atom stereocenters. The van der Waals surface area contributed by atoms with Gasteiger partial charge in [0.25, 0.3) is 0 Å². The molecule has 20 heavy (non-hydrogen) atoms. The summed E-state index contributed by atoms with van der Waals surface area (Å²) >= 11 is 1.65. The molecule has 0 saturated heterocycles. The second-order valence-electron chi connectivity index (χ2n) is 6.05. The first kappa shape index (κ1) is 14.0. The van der Waals surface area contributed by atoms with E-state index in [2.05, 4.69) is 13.0 Å². The highest BCUT2D eigenvalue weighted by Crippen LogP contribution is 2.40. The maximum atomic E-state index is 13.3. The van der Waals surface area contributed by atoms with Crippen molar-refractivity contribution in [2.45, 2.75) is 45.1 Å². The minimum Gasteiger partial charge on any atom is -0.323 e. The average molecular weight is 291 g/mol. The van der Waals surface area contributed by atoms with Gasteiger partial charge in [-0.3, -0.25) is 0 Å². The molecule has 0 amide bonds. The Morgan fingerprint density at radius 2 is 2.00 bits per heavy atom. The number of hydrogen-bond acceptors (Lipinski definition) is 2. The van der Waals surface area contributed by atoms with Crippen LogP contribution in [0.2, 0.25) is 0 Å². The smallest absolute Gasteiger partial charge is 0.124 e. The maximum absolute atomic E-state index is 13.3. The van der Waals surface area contributed by atoms with E-state index in [0.717, 1.165) is 16.0 Å². The number of benzene rings is 1. The van der Waals surface area contributed by atoms with E-state index in [-0.39, 0.29) is 11.9 Å². The molecule has 0 spiro atoms. The van der Waals surface area contributed by atoms with Gasteiger partial charge in [0.05, 0.1) is 0 Å². The first-order chi connectivity index (χ1) is 9.67. The fourth-order valence-corrected chi connectivity index (χ4v) is 4.56. The third kappa shape index (κ3) is 2.75. The molecule has 0 radical (unpaired) electrons. The summed E-state index contributed by atoms with van der Waals surface area (Å²) in [7, 11) is 0. The first-order valence-corrected chi connectivity index (χ1v) is 8.43. The molecule has 0 bridgehead atoms. The van der Waals surface area contributed by atoms with Gasteiger partial charge in [0.15, 0.2) is 0 Å². The van der Waals surface area contributed by atoms with Crippen molar-refractivity contribution < 1.29 is 4.39 Å². The lowest BCUT2D eigenvalue weighted by atomic mass is 9.77. The molecular formula is C17H22FNS. The lowest BCUT2D eigenvalue weighted by molar-refractivity contribution is 0.241. The number of nitrogens with two attached hydrogens (primary N) is 1. The fourth-order valence-electron chi connectivity index (χ4n) is 3.38. The maximum Gasteiger partial charge on any atom is 0.124 e. The van der Waals surface area contributed by atoms with Crippen LogP contribution in [0.3, 0.4) is 0 Å². The molecule has 3 rings (SSSR count). The van der Waals surface area contributed by atoms with Crippen molar-refractivity contribution in [3.63, 3.8) is 0 Å². The molecule has 1 aromatic heterocycles. The molecule has 3 heteroatoms. The van der Waals surface area contributed by atoms with E-state index in [0.29, 0.717) is 5.92 Å². The number of hydrogen-bond donors (Lipinski definition) is 1. The van der Waals surface area contributed by atoms with Gasteiger partial charge >= 0.3 is 0 Å². The normalized spacial score (nSPS) is 24.9. The molecule has 1 atom stereocenters. The van der Waals surface area contributed by atoms with Crippen LogP contribution in [-0.4, -0.2) is 0 Å². The molecular weight excluding hydrogens is 269 g/mol. The summed E-state index contributed by atoms with van der Waals surface area (Å²) < 4.78 is 14.3. The Bertz CT molecular complexity index is 584. The molecule has 2 N–H and O–H groups in total. The Morgan fingerprint density at radius 1 is 1.25 bits per heavy atom. The second kappa shape index (κ2) is 5.82. The monoisotopic (exact) mass is 291 g/mol. The third-order valence-electron chi connectivity index (χ3n) is 4.81. The van der Waals surface area contributed by atoms with E-state index in [1.807, 2.05) is 6.07 Å². The minimum absolute atomic E-state index is 0.119. The van der Waals surface area contributed by atoms with E-state index < -0.39 is 0 Å². The van der Waals surface area contributed by atoms with Crippen LogP contribution in [0.15, 0.2) is 24.3 Å². The van der Waals surface area contributed by atoms with Crippen LogP contribution in [0.4, 0.5) is 4.39 Å². The van der Waals surface area contributed by atoms with E-state index in [4.69, 9.17) is 5.73 Å². The average Bonchev–Trinajstić information content (AvgIpc) is 2.89. The number of fused-ring (bicyclic) bond motifs is 1. The summed E-state index contributed by atoms with van der Waals surface area (Å²) in [5.74, 6) is 1.33. The van der Waals surface area contributed by atoms with Crippen LogP contribution >= 0.6 is 11.3 Å². The van der Waals surface area contributed by atoms with E-state index in [9.17, 15) is 4.39 Å². The number of halogens is 1. The SMILES string of the molecule is CCC1CCC(C(N)c2cc3ccc(F)cc3s2)CC1. The Kier molecular flexibility index (Phi) is 4.08. The summed E-state index contributed by atoms with van der Waals surface area (Å²) in [6.45, 7) is 2.28. The zero-order valence-electron chi connectivity index (χ0n) is 11.9. The highest BCUT2D eigenvalue weighted by atomic mass is 32.1. The van der Waals surface area contributed by atoms with Crippen molar-refractivity contribution in [1.29, 1.82) is 0 Å². The van der Waals surface area contributed by atoms with Crippen LogP contribution in [0.1, 0.15) is 49.9 Å². The zero-order chi connectivity index (χ0) is 14.1. The van der Waals surface area contributed by atoms with Crippen LogP contribution in [0, 0.1) is 17.7 Å². The highest BCUT2D eigenvalue weighted by Gasteiger charge is 2.26. The predicted molar refractivity (Wildman–Crippen MR) is 84.5 cm³/mol. The van der Waals surface area contributed by atoms with Crippen molar-refractivity contribution in [2.24, 2.45) is 17.6 Å². The Labute approximate surface area is 124 Å². The van der Waals surface area contributed by atoms with Crippen molar-refractivity contribution in [3.8, 4) is 0 Å². The quantitative estimate of drug-likeness (QED) is 0.820. The van der Waals surface area contributed by atoms with Crippen molar-refractivity contribution >= 4 is 21.4 Å². The van der Waals surface area contributed by atoms with E-state index in [1.165, 1.54) is 43.0 Å². The lowest BCUT2D eigenvalue weighted by Crippen LogP contribution is -2.25. The molecule has 2 aromatic rings. The topological polar surface area (TPSA) is 26.0 Å². The molecule has 1 aromatic carbocycles. The summed E-state index contributed by atoms with van der Waals surface area (Å²) in [6.07, 6.45) is 6.40. The number of thiophene rings is 1. The van der Waals surface area contributed by atoms with E-state index in [1.54, 1.807) is 17.4 Å². The largest absolute Gasteiger partial charge is 0.323 e. The Balaban J connectivity index is 1.77. The molecule has 0 aliphatic heterocycles. The summed E-state index contributed by atoms with van der Waals surface area (Å²) in [5, 5.41) is 1.11. The molecule has 1 aliphatic rings. The second-order valence-corrected chi connectivity index (χ2v) is 7.16. The molecule has 1 heterocycles. The van der Waals surface area contributed by atoms with E-state index >= 15 is 0 Å². The van der Waals surface area contributed by atoms with Gasteiger partial charge in [-0.05, 0) is 48.3 Å². The van der Waals surface area contributed by atoms with Gasteiger partial charge in [-0.25, -0.2) is 4.39 Å². The number of rotatable bonds is 3. The molecule has 1 saturated carbocycles. The predicted octanol–water partition coefficient (Wildman–Crippen LogP) is 5.26. The van der Waals surface area contributed by atoms with Gasteiger partial charge in [-0.1, -0.05) is 32.3 Å². The Morgan fingerprint density at radius 3 is 2.70 bits per heavy atom. The minimum atomic E-state index is -0.164.